The van der Waals surface area contributed by atoms with Crippen LogP contribution in [0.2, 0.25) is 0 Å². The fourth-order valence-corrected chi connectivity index (χ4v) is 1.59. The molecule has 0 radical (unpaired) electrons. The van der Waals surface area contributed by atoms with Gasteiger partial charge in [-0.25, -0.2) is 4.79 Å². The first-order chi connectivity index (χ1) is 7.72. The number of carbonyl (C=O) groups is 1. The standard InChI is InChI=1S/C12H13NO3/c1-2-5-16-8-3-4-11-9(6-8)10(7-13-11)12(14)15/h3-4,6-7,13H,2,5H2,1H3,(H,14,15). The van der Waals surface area contributed by atoms with Crippen molar-refractivity contribution in [3.05, 3.63) is 30.0 Å². The maximum Gasteiger partial charge on any atom is 0.337 e. The fraction of sp³-hybridized carbons (Fsp3) is 0.250. The van der Waals surface area contributed by atoms with Crippen LogP contribution in [0.5, 0.6) is 5.75 Å². The van der Waals surface area contributed by atoms with E-state index in [1.165, 1.54) is 6.20 Å². The first kappa shape index (κ1) is 10.5. The average molecular weight is 219 g/mol. The number of carboxylic acids is 1. The molecule has 0 atom stereocenters. The van der Waals surface area contributed by atoms with Gasteiger partial charge in [0, 0.05) is 17.1 Å². The number of fused-ring (bicyclic) bond motifs is 1. The highest BCUT2D eigenvalue weighted by molar-refractivity contribution is 6.03. The number of benzene rings is 1. The summed E-state index contributed by atoms with van der Waals surface area (Å²) in [4.78, 5) is 13.9. The number of hydrogen-bond donors (Lipinski definition) is 2. The molecule has 0 spiro atoms. The molecule has 0 amide bonds. The van der Waals surface area contributed by atoms with Gasteiger partial charge in [-0.05, 0) is 24.6 Å². The van der Waals surface area contributed by atoms with E-state index in [9.17, 15) is 4.79 Å². The SMILES string of the molecule is CCCOc1ccc2[nH]cc(C(=O)O)c2c1. The van der Waals surface area contributed by atoms with E-state index in [0.29, 0.717) is 17.7 Å². The van der Waals surface area contributed by atoms with Crippen LogP contribution in [-0.2, 0) is 0 Å². The Hall–Kier alpha value is -1.97. The van der Waals surface area contributed by atoms with Gasteiger partial charge in [-0.2, -0.15) is 0 Å². The van der Waals surface area contributed by atoms with Crippen LogP contribution >= 0.6 is 0 Å². The summed E-state index contributed by atoms with van der Waals surface area (Å²) in [6.07, 6.45) is 2.42. The van der Waals surface area contributed by atoms with Crippen molar-refractivity contribution in [3.63, 3.8) is 0 Å². The number of rotatable bonds is 4. The van der Waals surface area contributed by atoms with Crippen LogP contribution in [0.1, 0.15) is 23.7 Å². The van der Waals surface area contributed by atoms with E-state index < -0.39 is 5.97 Å². The minimum atomic E-state index is -0.932. The van der Waals surface area contributed by atoms with Crippen LogP contribution in [-0.4, -0.2) is 22.7 Å². The monoisotopic (exact) mass is 219 g/mol. The summed E-state index contributed by atoms with van der Waals surface area (Å²) >= 11 is 0. The minimum absolute atomic E-state index is 0.275. The van der Waals surface area contributed by atoms with Gasteiger partial charge in [0.2, 0.25) is 0 Å². The quantitative estimate of drug-likeness (QED) is 0.830. The van der Waals surface area contributed by atoms with Gasteiger partial charge < -0.3 is 14.8 Å². The Bertz CT molecular complexity index is 516. The van der Waals surface area contributed by atoms with Gasteiger partial charge in [-0.15, -0.1) is 0 Å². The van der Waals surface area contributed by atoms with Gasteiger partial charge in [-0.1, -0.05) is 6.92 Å². The number of aromatic carboxylic acids is 1. The van der Waals surface area contributed by atoms with Gasteiger partial charge in [0.1, 0.15) is 5.75 Å². The van der Waals surface area contributed by atoms with Crippen molar-refractivity contribution in [2.24, 2.45) is 0 Å². The second-order valence-corrected chi connectivity index (χ2v) is 3.56. The molecule has 0 saturated heterocycles. The van der Waals surface area contributed by atoms with E-state index in [4.69, 9.17) is 9.84 Å². The molecular formula is C12H13NO3. The van der Waals surface area contributed by atoms with Crippen molar-refractivity contribution in [1.82, 2.24) is 4.98 Å². The lowest BCUT2D eigenvalue weighted by molar-refractivity contribution is 0.0699. The average Bonchev–Trinajstić information content (AvgIpc) is 2.69. The molecule has 1 heterocycles. The van der Waals surface area contributed by atoms with Crippen molar-refractivity contribution in [2.75, 3.05) is 6.61 Å². The molecule has 2 rings (SSSR count). The van der Waals surface area contributed by atoms with E-state index in [2.05, 4.69) is 4.98 Å². The van der Waals surface area contributed by atoms with E-state index in [1.807, 2.05) is 19.1 Å². The van der Waals surface area contributed by atoms with Crippen LogP contribution in [0.15, 0.2) is 24.4 Å². The predicted molar refractivity (Wildman–Crippen MR) is 61.0 cm³/mol. The summed E-state index contributed by atoms with van der Waals surface area (Å²) in [5, 5.41) is 9.66. The van der Waals surface area contributed by atoms with Gasteiger partial charge in [0.15, 0.2) is 0 Å². The minimum Gasteiger partial charge on any atom is -0.494 e. The molecule has 0 fully saturated rings. The summed E-state index contributed by atoms with van der Waals surface area (Å²) < 4.78 is 5.46. The lowest BCUT2D eigenvalue weighted by Crippen LogP contribution is -1.96. The Morgan fingerprint density at radius 2 is 2.31 bits per heavy atom. The number of hydrogen-bond acceptors (Lipinski definition) is 2. The highest BCUT2D eigenvalue weighted by Crippen LogP contribution is 2.23. The third kappa shape index (κ3) is 1.86. The van der Waals surface area contributed by atoms with E-state index >= 15 is 0 Å². The van der Waals surface area contributed by atoms with Crippen molar-refractivity contribution >= 4 is 16.9 Å². The van der Waals surface area contributed by atoms with Gasteiger partial charge in [0.05, 0.1) is 12.2 Å². The molecule has 1 aromatic heterocycles. The lowest BCUT2D eigenvalue weighted by Gasteiger charge is -2.04. The molecule has 2 aromatic rings. The molecule has 2 N–H and O–H groups in total. The predicted octanol–water partition coefficient (Wildman–Crippen LogP) is 2.65. The van der Waals surface area contributed by atoms with Crippen molar-refractivity contribution < 1.29 is 14.6 Å². The summed E-state index contributed by atoms with van der Waals surface area (Å²) in [6.45, 7) is 2.66. The summed E-state index contributed by atoms with van der Waals surface area (Å²) in [5.74, 6) is -0.227. The Kier molecular flexibility index (Phi) is 2.81. The summed E-state index contributed by atoms with van der Waals surface area (Å²) in [7, 11) is 0. The number of nitrogens with one attached hydrogen (secondary N) is 1. The molecule has 0 aliphatic rings. The van der Waals surface area contributed by atoms with Crippen molar-refractivity contribution in [2.45, 2.75) is 13.3 Å². The van der Waals surface area contributed by atoms with Crippen molar-refractivity contribution in [3.8, 4) is 5.75 Å². The molecule has 0 aliphatic carbocycles. The topological polar surface area (TPSA) is 62.3 Å². The number of carboxylic acid groups (broad SMARTS) is 1. The van der Waals surface area contributed by atoms with Gasteiger partial charge in [-0.3, -0.25) is 0 Å². The zero-order chi connectivity index (χ0) is 11.5. The molecule has 0 aliphatic heterocycles. The Morgan fingerprint density at radius 3 is 3.00 bits per heavy atom. The second-order valence-electron chi connectivity index (χ2n) is 3.56. The van der Waals surface area contributed by atoms with E-state index in [-0.39, 0.29) is 5.56 Å². The molecule has 4 nitrogen and oxygen atoms in total. The molecule has 0 bridgehead atoms. The first-order valence-corrected chi connectivity index (χ1v) is 5.19. The van der Waals surface area contributed by atoms with Crippen LogP contribution in [0.4, 0.5) is 0 Å². The largest absolute Gasteiger partial charge is 0.494 e. The normalized spacial score (nSPS) is 10.6. The highest BCUT2D eigenvalue weighted by atomic mass is 16.5. The number of H-pyrrole nitrogens is 1. The van der Waals surface area contributed by atoms with Crippen LogP contribution < -0.4 is 4.74 Å². The Morgan fingerprint density at radius 1 is 1.50 bits per heavy atom. The number of aromatic amines is 1. The zero-order valence-corrected chi connectivity index (χ0v) is 8.99. The van der Waals surface area contributed by atoms with Gasteiger partial charge >= 0.3 is 5.97 Å². The maximum absolute atomic E-state index is 10.9. The van der Waals surface area contributed by atoms with Crippen LogP contribution in [0, 0.1) is 0 Å². The van der Waals surface area contributed by atoms with Crippen molar-refractivity contribution in [1.29, 1.82) is 0 Å². The van der Waals surface area contributed by atoms with E-state index in [1.54, 1.807) is 6.07 Å². The summed E-state index contributed by atoms with van der Waals surface area (Å²) in [5.41, 5.74) is 1.08. The molecule has 84 valence electrons. The van der Waals surface area contributed by atoms with E-state index in [0.717, 1.165) is 11.9 Å². The van der Waals surface area contributed by atoms with Crippen LogP contribution in [0.3, 0.4) is 0 Å². The highest BCUT2D eigenvalue weighted by Gasteiger charge is 2.10. The van der Waals surface area contributed by atoms with Crippen LogP contribution in [0.25, 0.3) is 10.9 Å². The summed E-state index contributed by atoms with van der Waals surface area (Å²) in [6, 6.07) is 5.41. The smallest absolute Gasteiger partial charge is 0.337 e. The molecule has 16 heavy (non-hydrogen) atoms. The van der Waals surface area contributed by atoms with Gasteiger partial charge in [0.25, 0.3) is 0 Å². The lowest BCUT2D eigenvalue weighted by atomic mass is 10.1. The Balaban J connectivity index is 2.42. The first-order valence-electron chi connectivity index (χ1n) is 5.19. The molecule has 1 aromatic carbocycles. The third-order valence-electron chi connectivity index (χ3n) is 2.36. The Labute approximate surface area is 92.9 Å². The number of ether oxygens (including phenoxy) is 1. The molecule has 4 heteroatoms. The zero-order valence-electron chi connectivity index (χ0n) is 8.99. The second kappa shape index (κ2) is 4.26. The maximum atomic E-state index is 10.9. The fourth-order valence-electron chi connectivity index (χ4n) is 1.59. The molecule has 0 unspecified atom stereocenters. The third-order valence-corrected chi connectivity index (χ3v) is 2.36. The number of aromatic nitrogens is 1. The molecule has 0 saturated carbocycles. The molecular weight excluding hydrogens is 206 g/mol.